The number of hydrogen-bond donors (Lipinski definition) is 0. The molecule has 22 valence electrons. The van der Waals surface area contributed by atoms with E-state index in [4.69, 9.17) is 4.70 Å². The van der Waals surface area contributed by atoms with Crippen LogP contribution in [0.15, 0.2) is 0 Å². The Bertz CT molecular complexity index is 15.5. The average Bonchev–Trinajstić information content (AvgIpc) is 0.918. The molecule has 0 amide bonds. The monoisotopic (exact) mass is 368 g/mol. The van der Waals surface area contributed by atoms with Crippen molar-refractivity contribution in [3.8, 4) is 0 Å². The number of hydrogen-bond acceptors (Lipinski definition) is 1. The Morgan fingerprint density at radius 3 is 1.75 bits per heavy atom. The second kappa shape index (κ2) is 8.82. The van der Waals surface area contributed by atoms with Crippen molar-refractivity contribution in [1.82, 2.24) is 0 Å². The van der Waals surface area contributed by atoms with E-state index in [0.29, 0.717) is 0 Å². The molecule has 0 heterocycles. The van der Waals surface area contributed by atoms with Crippen molar-refractivity contribution in [3.05, 3.63) is 0 Å². The Balaban J connectivity index is 0. The molecule has 4 heteroatoms. The average molecular weight is 365 g/mol. The molecule has 0 aromatic heterocycles. The van der Waals surface area contributed by atoms with E-state index in [1.165, 1.54) is 22.1 Å². The molecule has 0 atom stereocenters. The maximum absolute atomic E-state index is 8.83. The van der Waals surface area contributed by atoms with Crippen LogP contribution in [0.3, 0.4) is 0 Å². The van der Waals surface area contributed by atoms with E-state index >= 15 is 0 Å². The Labute approximate surface area is 58.6 Å². The van der Waals surface area contributed by atoms with Crippen molar-refractivity contribution >= 4 is 54.4 Å². The summed E-state index contributed by atoms with van der Waals surface area (Å²) in [6.45, 7) is 0. The van der Waals surface area contributed by atoms with E-state index in [1.807, 2.05) is 0 Å². The van der Waals surface area contributed by atoms with Crippen LogP contribution in [-0.2, 0) is 4.70 Å². The summed E-state index contributed by atoms with van der Waals surface area (Å²) in [6.07, 6.45) is 0. The van der Waals surface area contributed by atoms with E-state index < -0.39 is 0 Å². The second-order valence-corrected chi connectivity index (χ2v) is 0.707. The predicted octanol–water partition coefficient (Wildman–Crippen LogP) is -2.06. The zero-order valence-electron chi connectivity index (χ0n) is 2.14. The molecular weight excluding hydrogens is 362 g/mol. The van der Waals surface area contributed by atoms with Crippen molar-refractivity contribution in [3.63, 3.8) is 0 Å². The molecule has 0 fully saturated rings. The molecule has 0 aliphatic rings. The van der Waals surface area contributed by atoms with Crippen LogP contribution in [-0.4, -0.2) is 54.4 Å². The molecule has 0 unspecified atom stereocenters. The van der Waals surface area contributed by atoms with Gasteiger partial charge in [0.05, 0.1) is 0 Å². The van der Waals surface area contributed by atoms with Gasteiger partial charge in [0.25, 0.3) is 0 Å². The molecule has 0 aliphatic carbocycles. The van der Waals surface area contributed by atoms with Crippen molar-refractivity contribution in [2.75, 3.05) is 0 Å². The van der Waals surface area contributed by atoms with Crippen LogP contribution in [0.5, 0.6) is 0 Å². The van der Waals surface area contributed by atoms with Crippen LogP contribution >= 0.6 is 0 Å². The molecule has 0 bridgehead atoms. The predicted molar refractivity (Wildman–Crippen MR) is 22.1 cm³/mol. The molecule has 1 nitrogen and oxygen atoms in total. The standard InChI is InChI=1S/BHOTe.Pb.2H/c2-1-3;;;/h3H;;;. The summed E-state index contributed by atoms with van der Waals surface area (Å²) in [7, 11) is 0. The molecule has 0 saturated carbocycles. The zero-order chi connectivity index (χ0) is 2.71. The molecule has 0 rings (SSSR count). The Morgan fingerprint density at radius 2 is 1.75 bits per heavy atom. The minimum absolute atomic E-state index is 0. The Kier molecular flexibility index (Phi) is 20.1. The fraction of sp³-hybridized carbons (Fsp3) is 0. The van der Waals surface area contributed by atoms with Gasteiger partial charge in [0.2, 0.25) is 0 Å². The summed E-state index contributed by atoms with van der Waals surface area (Å²) in [6, 6.07) is 0. The van der Waals surface area contributed by atoms with Gasteiger partial charge in [-0.2, -0.15) is 0 Å². The van der Waals surface area contributed by atoms with Crippen LogP contribution in [0.4, 0.5) is 0 Å². The van der Waals surface area contributed by atoms with Crippen LogP contribution in [0.2, 0.25) is 0 Å². The quantitative estimate of drug-likeness (QED) is 0.452. The first kappa shape index (κ1) is 9.13. The Morgan fingerprint density at radius 1 is 1.75 bits per heavy atom. The zero-order valence-corrected chi connectivity index (χ0v) is 10.2. The molecule has 0 spiro atoms. The first-order chi connectivity index (χ1) is 1.41. The van der Waals surface area contributed by atoms with Crippen LogP contribution < -0.4 is 0 Å². The third kappa shape index (κ3) is 9.55. The van der Waals surface area contributed by atoms with Crippen molar-refractivity contribution in [2.24, 2.45) is 0 Å². The van der Waals surface area contributed by atoms with Crippen LogP contribution in [0, 0.1) is 0 Å². The number of rotatable bonds is 0. The Hall–Kier alpha value is 1.58. The van der Waals surface area contributed by atoms with E-state index in [-0.39, 0.29) is 27.3 Å². The summed E-state index contributed by atoms with van der Waals surface area (Å²) >= 11 is 1.17. The van der Waals surface area contributed by atoms with Gasteiger partial charge >= 0.3 is 59.1 Å². The topological polar surface area (TPSA) is 17.1 Å². The van der Waals surface area contributed by atoms with E-state index in [0.717, 1.165) is 5.05 Å². The molecule has 0 N–H and O–H groups in total. The van der Waals surface area contributed by atoms with Gasteiger partial charge in [0.1, 0.15) is 0 Å². The minimum atomic E-state index is 0. The van der Waals surface area contributed by atoms with Gasteiger partial charge in [-0.05, 0) is 0 Å². The molecule has 0 saturated heterocycles. The first-order valence-electron chi connectivity index (χ1n) is 0.494. The summed E-state index contributed by atoms with van der Waals surface area (Å²) < 4.78 is 8.83. The van der Waals surface area contributed by atoms with E-state index in [2.05, 4.69) is 0 Å². The molecule has 0 aromatic rings. The third-order valence-corrected chi connectivity index (χ3v) is 0. The van der Waals surface area contributed by atoms with Crippen LogP contribution in [0.1, 0.15) is 0 Å². The molecular formula is H3BOPbTe. The molecule has 2 radical (unpaired) electrons. The van der Waals surface area contributed by atoms with Crippen molar-refractivity contribution in [2.45, 2.75) is 0 Å². The van der Waals surface area contributed by atoms with Crippen LogP contribution in [0.25, 0.3) is 0 Å². The molecule has 4 heavy (non-hydrogen) atoms. The van der Waals surface area contributed by atoms with Gasteiger partial charge in [-0.15, -0.1) is 0 Å². The normalized spacial score (nSPS) is 2.25. The molecule has 0 aliphatic heterocycles. The first-order valence-corrected chi connectivity index (χ1v) is 1.97. The summed E-state index contributed by atoms with van der Waals surface area (Å²) in [5, 5.41) is 0.800. The fourth-order valence-electron chi connectivity index (χ4n) is 0. The maximum atomic E-state index is 8.83. The van der Waals surface area contributed by atoms with Gasteiger partial charge in [0, 0.05) is 0 Å². The third-order valence-electron chi connectivity index (χ3n) is 0. The summed E-state index contributed by atoms with van der Waals surface area (Å²) in [4.78, 5) is 0. The van der Waals surface area contributed by atoms with Gasteiger partial charge in [-0.1, -0.05) is 0 Å². The van der Waals surface area contributed by atoms with E-state index in [9.17, 15) is 0 Å². The fourth-order valence-corrected chi connectivity index (χ4v) is 0. The summed E-state index contributed by atoms with van der Waals surface area (Å²) in [5.41, 5.74) is 0. The van der Waals surface area contributed by atoms with Gasteiger partial charge in [0.15, 0.2) is 0 Å². The van der Waals surface area contributed by atoms with Gasteiger partial charge in [-0.3, -0.25) is 0 Å². The van der Waals surface area contributed by atoms with Crippen molar-refractivity contribution < 1.29 is 4.70 Å². The molecule has 0 aromatic carbocycles. The van der Waals surface area contributed by atoms with Gasteiger partial charge in [-0.25, -0.2) is 0 Å². The van der Waals surface area contributed by atoms with E-state index in [1.54, 1.807) is 0 Å². The second-order valence-electron chi connectivity index (χ2n) is 0.105. The SMILES string of the molecule is O=B[TeH].[PbH2]. The van der Waals surface area contributed by atoms with Gasteiger partial charge < -0.3 is 0 Å². The van der Waals surface area contributed by atoms with Crippen molar-refractivity contribution in [1.29, 1.82) is 0 Å². The summed E-state index contributed by atoms with van der Waals surface area (Å²) in [5.74, 6) is 0.